The predicted molar refractivity (Wildman–Crippen MR) is 92.3 cm³/mol. The summed E-state index contributed by atoms with van der Waals surface area (Å²) in [7, 11) is 0. The maximum atomic E-state index is 13.5. The van der Waals surface area contributed by atoms with Crippen molar-refractivity contribution in [1.29, 1.82) is 0 Å². The van der Waals surface area contributed by atoms with Crippen molar-refractivity contribution >= 4 is 28.9 Å². The van der Waals surface area contributed by atoms with Crippen LogP contribution in [0.1, 0.15) is 24.2 Å². The summed E-state index contributed by atoms with van der Waals surface area (Å²) in [5.74, 6) is -0.449. The van der Waals surface area contributed by atoms with E-state index in [1.54, 1.807) is 30.3 Å². The number of ether oxygens (including phenoxy) is 1. The monoisotopic (exact) mass is 332 g/mol. The van der Waals surface area contributed by atoms with E-state index >= 15 is 0 Å². The fourth-order valence-corrected chi connectivity index (χ4v) is 2.08. The van der Waals surface area contributed by atoms with Crippen molar-refractivity contribution in [3.8, 4) is 5.75 Å². The zero-order chi connectivity index (χ0) is 16.8. The molecule has 4 nitrogen and oxygen atoms in total. The Bertz CT molecular complexity index is 702. The summed E-state index contributed by atoms with van der Waals surface area (Å²) in [6, 6.07) is 12.9. The zero-order valence-electron chi connectivity index (χ0n) is 12.8. The number of carbonyl (C=O) groups excluding carboxylic acids is 1. The highest BCUT2D eigenvalue weighted by Crippen LogP contribution is 2.17. The molecule has 0 atom stereocenters. The van der Waals surface area contributed by atoms with Gasteiger partial charge in [0.25, 0.3) is 5.91 Å². The molecule has 6 heteroatoms. The average molecular weight is 332 g/mol. The number of hydrogen-bond acceptors (Lipinski definition) is 3. The SMILES string of the molecule is CC(C)Oc1ccc(NC(=S)NC(=O)c2ccccc2F)cc1. The Hall–Kier alpha value is -2.47. The van der Waals surface area contributed by atoms with Crippen molar-refractivity contribution in [2.45, 2.75) is 20.0 Å². The van der Waals surface area contributed by atoms with Gasteiger partial charge >= 0.3 is 0 Å². The van der Waals surface area contributed by atoms with E-state index in [0.717, 1.165) is 5.75 Å². The number of halogens is 1. The van der Waals surface area contributed by atoms with Crippen LogP contribution >= 0.6 is 12.2 Å². The molecule has 2 N–H and O–H groups in total. The van der Waals surface area contributed by atoms with Gasteiger partial charge in [-0.25, -0.2) is 4.39 Å². The Balaban J connectivity index is 1.94. The summed E-state index contributed by atoms with van der Waals surface area (Å²) < 4.78 is 19.1. The second kappa shape index (κ2) is 7.69. The summed E-state index contributed by atoms with van der Waals surface area (Å²) in [5, 5.41) is 5.40. The lowest BCUT2D eigenvalue weighted by Gasteiger charge is -2.12. The topological polar surface area (TPSA) is 50.4 Å². The summed E-state index contributed by atoms with van der Waals surface area (Å²) in [6.45, 7) is 3.89. The fraction of sp³-hybridized carbons (Fsp3) is 0.176. The lowest BCUT2D eigenvalue weighted by atomic mass is 10.2. The van der Waals surface area contributed by atoms with E-state index in [-0.39, 0.29) is 16.8 Å². The third kappa shape index (κ3) is 5.03. The number of anilines is 1. The van der Waals surface area contributed by atoms with Crippen LogP contribution in [0.4, 0.5) is 10.1 Å². The highest BCUT2D eigenvalue weighted by Gasteiger charge is 2.12. The maximum Gasteiger partial charge on any atom is 0.260 e. The number of rotatable bonds is 4. The summed E-state index contributed by atoms with van der Waals surface area (Å²) in [6.07, 6.45) is 0.0925. The van der Waals surface area contributed by atoms with E-state index in [9.17, 15) is 9.18 Å². The van der Waals surface area contributed by atoms with Crippen molar-refractivity contribution in [3.05, 3.63) is 59.9 Å². The molecule has 0 radical (unpaired) electrons. The van der Waals surface area contributed by atoms with Crippen LogP contribution in [0.25, 0.3) is 0 Å². The Kier molecular flexibility index (Phi) is 5.65. The first-order valence-corrected chi connectivity index (χ1v) is 7.50. The van der Waals surface area contributed by atoms with Crippen LogP contribution in [-0.2, 0) is 0 Å². The average Bonchev–Trinajstić information content (AvgIpc) is 2.49. The first-order chi connectivity index (χ1) is 11.0. The summed E-state index contributed by atoms with van der Waals surface area (Å²) >= 11 is 5.06. The highest BCUT2D eigenvalue weighted by molar-refractivity contribution is 7.80. The minimum atomic E-state index is -0.597. The van der Waals surface area contributed by atoms with E-state index in [0.29, 0.717) is 5.69 Å². The van der Waals surface area contributed by atoms with Gasteiger partial charge in [0.2, 0.25) is 0 Å². The van der Waals surface area contributed by atoms with Gasteiger partial charge in [-0.05, 0) is 62.5 Å². The molecule has 0 aliphatic rings. The van der Waals surface area contributed by atoms with Gasteiger partial charge < -0.3 is 10.1 Å². The number of nitrogens with one attached hydrogen (secondary N) is 2. The number of carbonyl (C=O) groups is 1. The van der Waals surface area contributed by atoms with E-state index in [4.69, 9.17) is 17.0 Å². The summed E-state index contributed by atoms with van der Waals surface area (Å²) in [4.78, 5) is 11.9. The van der Waals surface area contributed by atoms with E-state index < -0.39 is 11.7 Å². The lowest BCUT2D eigenvalue weighted by Crippen LogP contribution is -2.34. The molecule has 0 bridgehead atoms. The standard InChI is InChI=1S/C17H17FN2O2S/c1-11(2)22-13-9-7-12(8-10-13)19-17(23)20-16(21)14-5-3-4-6-15(14)18/h3-11H,1-2H3,(H2,19,20,21,23). The van der Waals surface area contributed by atoms with Gasteiger partial charge in [0.15, 0.2) is 5.11 Å². The second-order valence-electron chi connectivity index (χ2n) is 5.08. The third-order valence-electron chi connectivity index (χ3n) is 2.83. The van der Waals surface area contributed by atoms with Crippen molar-refractivity contribution in [2.24, 2.45) is 0 Å². The third-order valence-corrected chi connectivity index (χ3v) is 3.03. The van der Waals surface area contributed by atoms with Gasteiger partial charge in [-0.3, -0.25) is 10.1 Å². The molecule has 0 aliphatic carbocycles. The molecule has 0 aromatic heterocycles. The fourth-order valence-electron chi connectivity index (χ4n) is 1.87. The molecule has 23 heavy (non-hydrogen) atoms. The van der Waals surface area contributed by atoms with Gasteiger partial charge in [0.1, 0.15) is 11.6 Å². The minimum Gasteiger partial charge on any atom is -0.491 e. The van der Waals surface area contributed by atoms with Gasteiger partial charge in [0.05, 0.1) is 11.7 Å². The Morgan fingerprint density at radius 3 is 2.39 bits per heavy atom. The van der Waals surface area contributed by atoms with Crippen LogP contribution in [0.5, 0.6) is 5.75 Å². The van der Waals surface area contributed by atoms with Gasteiger partial charge in [-0.15, -0.1) is 0 Å². The van der Waals surface area contributed by atoms with Crippen LogP contribution < -0.4 is 15.4 Å². The normalized spacial score (nSPS) is 10.3. The Labute approximate surface area is 139 Å². The molecule has 0 unspecified atom stereocenters. The Morgan fingerprint density at radius 2 is 1.78 bits per heavy atom. The quantitative estimate of drug-likeness (QED) is 0.838. The summed E-state index contributed by atoms with van der Waals surface area (Å²) in [5.41, 5.74) is 0.636. The molecule has 0 heterocycles. The maximum absolute atomic E-state index is 13.5. The number of benzene rings is 2. The van der Waals surface area contributed by atoms with Gasteiger partial charge in [-0.1, -0.05) is 12.1 Å². The highest BCUT2D eigenvalue weighted by atomic mass is 32.1. The van der Waals surface area contributed by atoms with Crippen LogP contribution in [0.2, 0.25) is 0 Å². The van der Waals surface area contributed by atoms with Crippen molar-refractivity contribution in [1.82, 2.24) is 5.32 Å². The number of amides is 1. The van der Waals surface area contributed by atoms with Crippen LogP contribution in [-0.4, -0.2) is 17.1 Å². The molecular formula is C17H17FN2O2S. The molecule has 0 spiro atoms. The lowest BCUT2D eigenvalue weighted by molar-refractivity contribution is 0.0974. The zero-order valence-corrected chi connectivity index (χ0v) is 13.6. The molecule has 2 rings (SSSR count). The number of thiocarbonyl (C=S) groups is 1. The van der Waals surface area contributed by atoms with Gasteiger partial charge in [0, 0.05) is 5.69 Å². The molecule has 2 aromatic carbocycles. The van der Waals surface area contributed by atoms with Crippen molar-refractivity contribution in [3.63, 3.8) is 0 Å². The van der Waals surface area contributed by atoms with Crippen LogP contribution in [0.3, 0.4) is 0 Å². The molecule has 2 aromatic rings. The van der Waals surface area contributed by atoms with Crippen LogP contribution in [0.15, 0.2) is 48.5 Å². The molecule has 1 amide bonds. The van der Waals surface area contributed by atoms with E-state index in [2.05, 4.69) is 10.6 Å². The molecule has 0 saturated heterocycles. The largest absolute Gasteiger partial charge is 0.491 e. The van der Waals surface area contributed by atoms with Crippen molar-refractivity contribution < 1.29 is 13.9 Å². The Morgan fingerprint density at radius 1 is 1.13 bits per heavy atom. The first kappa shape index (κ1) is 16.9. The molecular weight excluding hydrogens is 315 g/mol. The minimum absolute atomic E-state index is 0.0580. The van der Waals surface area contributed by atoms with Gasteiger partial charge in [-0.2, -0.15) is 0 Å². The first-order valence-electron chi connectivity index (χ1n) is 7.09. The molecule has 0 aliphatic heterocycles. The second-order valence-corrected chi connectivity index (χ2v) is 5.49. The molecule has 0 saturated carbocycles. The molecule has 0 fully saturated rings. The number of hydrogen-bond donors (Lipinski definition) is 2. The van der Waals surface area contributed by atoms with Crippen LogP contribution in [0, 0.1) is 5.82 Å². The molecule has 120 valence electrons. The van der Waals surface area contributed by atoms with E-state index in [1.807, 2.05) is 13.8 Å². The smallest absolute Gasteiger partial charge is 0.260 e. The predicted octanol–water partition coefficient (Wildman–Crippen LogP) is 3.74. The van der Waals surface area contributed by atoms with Crippen molar-refractivity contribution in [2.75, 3.05) is 5.32 Å². The van der Waals surface area contributed by atoms with E-state index in [1.165, 1.54) is 18.2 Å².